The number of phenolic OH excluding ortho intramolecular Hbond substituents is 1. The summed E-state index contributed by atoms with van der Waals surface area (Å²) in [6.07, 6.45) is 2.39. The maximum absolute atomic E-state index is 9.78. The number of nitrogens with zero attached hydrogens (tertiary/aromatic N) is 1. The van der Waals surface area contributed by atoms with Crippen LogP contribution in [0.2, 0.25) is 0 Å². The molecule has 1 aromatic rings. The molecular formula is C20H34N2O. The molecule has 2 rings (SSSR count). The summed E-state index contributed by atoms with van der Waals surface area (Å²) in [5.41, 5.74) is 1.45. The summed E-state index contributed by atoms with van der Waals surface area (Å²) < 4.78 is 0. The Morgan fingerprint density at radius 1 is 1.39 bits per heavy atom. The molecule has 3 nitrogen and oxygen atoms in total. The lowest BCUT2D eigenvalue weighted by Gasteiger charge is -2.45. The highest BCUT2D eigenvalue weighted by atomic mass is 16.3. The molecule has 1 fully saturated rings. The molecule has 0 aromatic heterocycles. The predicted octanol–water partition coefficient (Wildman–Crippen LogP) is 3.63. The van der Waals surface area contributed by atoms with Crippen LogP contribution in [0.1, 0.15) is 46.1 Å². The molecule has 1 saturated heterocycles. The van der Waals surface area contributed by atoms with E-state index in [1.54, 1.807) is 6.07 Å². The summed E-state index contributed by atoms with van der Waals surface area (Å²) in [4.78, 5) is 2.60. The quantitative estimate of drug-likeness (QED) is 0.754. The van der Waals surface area contributed by atoms with Gasteiger partial charge in [0.05, 0.1) is 0 Å². The van der Waals surface area contributed by atoms with E-state index in [0.29, 0.717) is 11.7 Å². The average Bonchev–Trinajstić information content (AvgIpc) is 2.50. The van der Waals surface area contributed by atoms with Crippen molar-refractivity contribution >= 4 is 0 Å². The summed E-state index contributed by atoms with van der Waals surface area (Å²) in [7, 11) is 0. The number of nitrogens with one attached hydrogen (secondary N) is 1. The molecule has 23 heavy (non-hydrogen) atoms. The van der Waals surface area contributed by atoms with Gasteiger partial charge in [-0.25, -0.2) is 0 Å². The summed E-state index contributed by atoms with van der Waals surface area (Å²) >= 11 is 0. The first kappa shape index (κ1) is 18.3. The van der Waals surface area contributed by atoms with Crippen LogP contribution in [0.25, 0.3) is 0 Å². The first-order valence-electron chi connectivity index (χ1n) is 9.14. The molecule has 3 heteroatoms. The van der Waals surface area contributed by atoms with E-state index in [-0.39, 0.29) is 5.41 Å². The molecular weight excluding hydrogens is 284 g/mol. The molecule has 2 unspecified atom stereocenters. The number of hydrogen-bond acceptors (Lipinski definition) is 3. The van der Waals surface area contributed by atoms with E-state index in [4.69, 9.17) is 0 Å². The van der Waals surface area contributed by atoms with Crippen molar-refractivity contribution in [1.29, 1.82) is 0 Å². The summed E-state index contributed by atoms with van der Waals surface area (Å²) in [5, 5.41) is 13.3. The van der Waals surface area contributed by atoms with Gasteiger partial charge in [-0.3, -0.25) is 0 Å². The molecule has 0 amide bonds. The van der Waals surface area contributed by atoms with Crippen molar-refractivity contribution in [1.82, 2.24) is 10.2 Å². The van der Waals surface area contributed by atoms with Gasteiger partial charge in [-0.15, -0.1) is 0 Å². The van der Waals surface area contributed by atoms with E-state index in [2.05, 4.69) is 44.0 Å². The fourth-order valence-corrected chi connectivity index (χ4v) is 3.63. The van der Waals surface area contributed by atoms with Crippen LogP contribution in [0.15, 0.2) is 24.3 Å². The van der Waals surface area contributed by atoms with Gasteiger partial charge >= 0.3 is 0 Å². The number of hydrogen-bond donors (Lipinski definition) is 2. The Morgan fingerprint density at radius 2 is 2.17 bits per heavy atom. The first-order chi connectivity index (χ1) is 10.9. The molecule has 0 saturated carbocycles. The van der Waals surface area contributed by atoms with Gasteiger partial charge in [0.1, 0.15) is 5.75 Å². The molecule has 1 aliphatic heterocycles. The smallest absolute Gasteiger partial charge is 0.115 e. The zero-order chi connectivity index (χ0) is 16.9. The van der Waals surface area contributed by atoms with Gasteiger partial charge in [0.15, 0.2) is 0 Å². The third-order valence-electron chi connectivity index (χ3n) is 5.45. The summed E-state index contributed by atoms with van der Waals surface area (Å²) in [6.45, 7) is 14.9. The van der Waals surface area contributed by atoms with E-state index < -0.39 is 0 Å². The minimum Gasteiger partial charge on any atom is -0.508 e. The Balaban J connectivity index is 1.82. The van der Waals surface area contributed by atoms with Crippen LogP contribution in [-0.4, -0.2) is 42.7 Å². The Labute approximate surface area is 142 Å². The van der Waals surface area contributed by atoms with Crippen molar-refractivity contribution in [3.05, 3.63) is 29.8 Å². The predicted molar refractivity (Wildman–Crippen MR) is 98.0 cm³/mol. The average molecular weight is 319 g/mol. The SMILES string of the molecule is CC(C)CNCCCN1CCC(C)(c2cccc(O)c2)C(C)C1. The van der Waals surface area contributed by atoms with E-state index in [0.717, 1.165) is 38.5 Å². The second-order valence-corrected chi connectivity index (χ2v) is 7.87. The lowest BCUT2D eigenvalue weighted by atomic mass is 9.68. The fraction of sp³-hybridized carbons (Fsp3) is 0.700. The Hall–Kier alpha value is -1.06. The molecule has 0 radical (unpaired) electrons. The third kappa shape index (κ3) is 4.95. The summed E-state index contributed by atoms with van der Waals surface area (Å²) in [6, 6.07) is 7.84. The van der Waals surface area contributed by atoms with E-state index in [1.165, 1.54) is 18.5 Å². The molecule has 0 aliphatic carbocycles. The van der Waals surface area contributed by atoms with Gasteiger partial charge in [0, 0.05) is 6.54 Å². The van der Waals surface area contributed by atoms with Gasteiger partial charge in [-0.2, -0.15) is 0 Å². The Morgan fingerprint density at radius 3 is 2.83 bits per heavy atom. The van der Waals surface area contributed by atoms with Crippen LogP contribution in [0.3, 0.4) is 0 Å². The topological polar surface area (TPSA) is 35.5 Å². The second kappa shape index (κ2) is 8.16. The second-order valence-electron chi connectivity index (χ2n) is 7.87. The van der Waals surface area contributed by atoms with Crippen molar-refractivity contribution in [3.63, 3.8) is 0 Å². The fourth-order valence-electron chi connectivity index (χ4n) is 3.63. The zero-order valence-electron chi connectivity index (χ0n) is 15.3. The molecule has 130 valence electrons. The van der Waals surface area contributed by atoms with Gasteiger partial charge < -0.3 is 15.3 Å². The number of benzene rings is 1. The highest BCUT2D eigenvalue weighted by Crippen LogP contribution is 2.40. The molecule has 1 aromatic carbocycles. The van der Waals surface area contributed by atoms with E-state index in [1.807, 2.05) is 12.1 Å². The van der Waals surface area contributed by atoms with Crippen LogP contribution in [-0.2, 0) is 5.41 Å². The Kier molecular flexibility index (Phi) is 6.49. The molecule has 2 N–H and O–H groups in total. The van der Waals surface area contributed by atoms with Gasteiger partial charge in [-0.1, -0.05) is 39.8 Å². The Bertz CT molecular complexity index is 488. The number of phenols is 1. The largest absolute Gasteiger partial charge is 0.508 e. The molecule has 1 aliphatic rings. The van der Waals surface area contributed by atoms with Crippen molar-refractivity contribution < 1.29 is 5.11 Å². The first-order valence-corrected chi connectivity index (χ1v) is 9.14. The van der Waals surface area contributed by atoms with Crippen molar-refractivity contribution in [3.8, 4) is 5.75 Å². The van der Waals surface area contributed by atoms with Crippen LogP contribution in [0.4, 0.5) is 0 Å². The zero-order valence-corrected chi connectivity index (χ0v) is 15.3. The monoisotopic (exact) mass is 318 g/mol. The van der Waals surface area contributed by atoms with Gasteiger partial charge in [0.25, 0.3) is 0 Å². The van der Waals surface area contributed by atoms with Crippen LogP contribution in [0, 0.1) is 11.8 Å². The highest BCUT2D eigenvalue weighted by molar-refractivity contribution is 5.33. The maximum Gasteiger partial charge on any atom is 0.115 e. The third-order valence-corrected chi connectivity index (χ3v) is 5.45. The number of rotatable bonds is 7. The number of piperidine rings is 1. The molecule has 2 atom stereocenters. The van der Waals surface area contributed by atoms with Crippen molar-refractivity contribution in [2.24, 2.45) is 11.8 Å². The standard InChI is InChI=1S/C20H34N2O/c1-16(2)14-21-10-6-11-22-12-9-20(4,17(3)15-22)18-7-5-8-19(23)13-18/h5,7-8,13,16-17,21,23H,6,9-12,14-15H2,1-4H3. The number of aromatic hydroxyl groups is 1. The molecule has 0 spiro atoms. The number of likely N-dealkylation sites (tertiary alicyclic amines) is 1. The van der Waals surface area contributed by atoms with Crippen molar-refractivity contribution in [2.75, 3.05) is 32.7 Å². The summed E-state index contributed by atoms with van der Waals surface area (Å²) in [5.74, 6) is 1.71. The molecule has 1 heterocycles. The van der Waals surface area contributed by atoms with Crippen LogP contribution in [0.5, 0.6) is 5.75 Å². The highest BCUT2D eigenvalue weighted by Gasteiger charge is 2.37. The van der Waals surface area contributed by atoms with Gasteiger partial charge in [0.2, 0.25) is 0 Å². The minimum atomic E-state index is 0.172. The lowest BCUT2D eigenvalue weighted by molar-refractivity contribution is 0.110. The maximum atomic E-state index is 9.78. The van der Waals surface area contributed by atoms with Gasteiger partial charge in [-0.05, 0) is 74.0 Å². The molecule has 0 bridgehead atoms. The van der Waals surface area contributed by atoms with Crippen LogP contribution < -0.4 is 5.32 Å². The van der Waals surface area contributed by atoms with Crippen LogP contribution >= 0.6 is 0 Å². The van der Waals surface area contributed by atoms with Crippen molar-refractivity contribution in [2.45, 2.75) is 46.0 Å². The minimum absolute atomic E-state index is 0.172. The van der Waals surface area contributed by atoms with E-state index >= 15 is 0 Å². The normalized spacial score (nSPS) is 25.9. The van der Waals surface area contributed by atoms with E-state index in [9.17, 15) is 5.11 Å². The lowest BCUT2D eigenvalue weighted by Crippen LogP contribution is -2.47.